The van der Waals surface area contributed by atoms with Gasteiger partial charge in [0, 0.05) is 17.1 Å². The van der Waals surface area contributed by atoms with Crippen LogP contribution < -0.4 is 0 Å². The molecule has 0 spiro atoms. The predicted octanol–water partition coefficient (Wildman–Crippen LogP) is 4.50. The molecule has 0 bridgehead atoms. The van der Waals surface area contributed by atoms with Crippen molar-refractivity contribution >= 4 is 10.9 Å². The molecule has 3 rings (SSSR count). The van der Waals surface area contributed by atoms with Crippen LogP contribution in [0.4, 0.5) is 17.6 Å². The molecule has 5 heteroatoms. The highest BCUT2D eigenvalue weighted by Gasteiger charge is 2.22. The number of aryl methyl sites for hydroxylation is 1. The van der Waals surface area contributed by atoms with E-state index in [-0.39, 0.29) is 6.07 Å². The Morgan fingerprint density at radius 1 is 0.850 bits per heavy atom. The van der Waals surface area contributed by atoms with Crippen LogP contribution in [0, 0.1) is 30.2 Å². The van der Waals surface area contributed by atoms with Gasteiger partial charge in [0.25, 0.3) is 0 Å². The number of nitrogens with zero attached hydrogens (tertiary/aromatic N) is 1. The highest BCUT2D eigenvalue weighted by atomic mass is 19.2. The van der Waals surface area contributed by atoms with Crippen molar-refractivity contribution in [2.75, 3.05) is 0 Å². The SMILES string of the molecule is Cc1cc2ccccc2n1-c1c(F)c(F)cc(F)c1F. The molecule has 0 fully saturated rings. The van der Waals surface area contributed by atoms with Crippen LogP contribution in [0.3, 0.4) is 0 Å². The normalized spacial score (nSPS) is 11.2. The molecule has 102 valence electrons. The van der Waals surface area contributed by atoms with Gasteiger partial charge in [0.1, 0.15) is 5.69 Å². The van der Waals surface area contributed by atoms with Crippen LogP contribution in [-0.4, -0.2) is 4.57 Å². The fourth-order valence-electron chi connectivity index (χ4n) is 2.35. The van der Waals surface area contributed by atoms with Gasteiger partial charge in [0.05, 0.1) is 5.52 Å². The van der Waals surface area contributed by atoms with E-state index in [0.29, 0.717) is 11.2 Å². The maximum Gasteiger partial charge on any atom is 0.186 e. The second-order valence-corrected chi connectivity index (χ2v) is 4.50. The molecule has 0 unspecified atom stereocenters. The number of benzene rings is 2. The Morgan fingerprint density at radius 3 is 2.10 bits per heavy atom. The van der Waals surface area contributed by atoms with Gasteiger partial charge < -0.3 is 4.57 Å². The van der Waals surface area contributed by atoms with Crippen LogP contribution in [0.5, 0.6) is 0 Å². The molecule has 1 heterocycles. The third-order valence-electron chi connectivity index (χ3n) is 3.21. The molecular weight excluding hydrogens is 270 g/mol. The number of aromatic nitrogens is 1. The zero-order chi connectivity index (χ0) is 14.4. The molecule has 0 atom stereocenters. The van der Waals surface area contributed by atoms with Crippen LogP contribution in [-0.2, 0) is 0 Å². The fraction of sp³-hybridized carbons (Fsp3) is 0.0667. The number of halogens is 4. The van der Waals surface area contributed by atoms with Crippen molar-refractivity contribution in [3.63, 3.8) is 0 Å². The second-order valence-electron chi connectivity index (χ2n) is 4.50. The van der Waals surface area contributed by atoms with Crippen molar-refractivity contribution in [3.8, 4) is 5.69 Å². The van der Waals surface area contributed by atoms with Gasteiger partial charge in [-0.15, -0.1) is 0 Å². The van der Waals surface area contributed by atoms with Crippen molar-refractivity contribution in [1.29, 1.82) is 0 Å². The number of fused-ring (bicyclic) bond motifs is 1. The monoisotopic (exact) mass is 279 g/mol. The lowest BCUT2D eigenvalue weighted by Gasteiger charge is -2.12. The Balaban J connectivity index is 2.46. The van der Waals surface area contributed by atoms with Crippen molar-refractivity contribution in [2.45, 2.75) is 6.92 Å². The molecule has 0 aliphatic rings. The number of para-hydroxylation sites is 1. The molecule has 1 aromatic heterocycles. The third-order valence-corrected chi connectivity index (χ3v) is 3.21. The van der Waals surface area contributed by atoms with Gasteiger partial charge in [0.15, 0.2) is 23.3 Å². The molecule has 20 heavy (non-hydrogen) atoms. The van der Waals surface area contributed by atoms with Gasteiger partial charge in [-0.2, -0.15) is 0 Å². The van der Waals surface area contributed by atoms with Crippen molar-refractivity contribution in [3.05, 3.63) is 65.4 Å². The summed E-state index contributed by atoms with van der Waals surface area (Å²) in [5.41, 5.74) is 0.225. The molecule has 0 saturated heterocycles. The van der Waals surface area contributed by atoms with E-state index in [1.807, 2.05) is 0 Å². The average molecular weight is 279 g/mol. The summed E-state index contributed by atoms with van der Waals surface area (Å²) in [5.74, 6) is -5.66. The summed E-state index contributed by atoms with van der Waals surface area (Å²) in [6.07, 6.45) is 0. The molecule has 0 N–H and O–H groups in total. The maximum atomic E-state index is 13.9. The van der Waals surface area contributed by atoms with Gasteiger partial charge in [-0.25, -0.2) is 17.6 Å². The summed E-state index contributed by atoms with van der Waals surface area (Å²) in [7, 11) is 0. The Morgan fingerprint density at radius 2 is 1.45 bits per heavy atom. The predicted molar refractivity (Wildman–Crippen MR) is 67.8 cm³/mol. The first kappa shape index (κ1) is 12.7. The number of rotatable bonds is 1. The summed E-state index contributed by atoms with van der Waals surface area (Å²) in [4.78, 5) is 0. The van der Waals surface area contributed by atoms with Gasteiger partial charge in [-0.3, -0.25) is 0 Å². The minimum Gasteiger partial charge on any atom is -0.309 e. The van der Waals surface area contributed by atoms with E-state index in [1.54, 1.807) is 37.3 Å². The molecule has 0 aliphatic carbocycles. The standard InChI is InChI=1S/C15H9F4N/c1-8-6-9-4-2-3-5-12(9)20(8)15-13(18)10(16)7-11(17)14(15)19/h2-7H,1H3. The number of hydrogen-bond acceptors (Lipinski definition) is 0. The Labute approximate surface area is 112 Å². The van der Waals surface area contributed by atoms with Crippen LogP contribution in [0.15, 0.2) is 36.4 Å². The first-order valence-electron chi connectivity index (χ1n) is 5.91. The largest absolute Gasteiger partial charge is 0.309 e. The van der Waals surface area contributed by atoms with Gasteiger partial charge in [-0.05, 0) is 19.1 Å². The van der Waals surface area contributed by atoms with Crippen molar-refractivity contribution in [1.82, 2.24) is 4.57 Å². The molecule has 0 amide bonds. The van der Waals surface area contributed by atoms with E-state index < -0.39 is 29.0 Å². The summed E-state index contributed by atoms with van der Waals surface area (Å²) in [6.45, 7) is 1.61. The van der Waals surface area contributed by atoms with E-state index in [1.165, 1.54) is 4.57 Å². The van der Waals surface area contributed by atoms with Crippen LogP contribution >= 0.6 is 0 Å². The Hall–Kier alpha value is -2.30. The van der Waals surface area contributed by atoms with Gasteiger partial charge in [-0.1, -0.05) is 18.2 Å². The molecule has 2 aromatic carbocycles. The molecule has 0 aliphatic heterocycles. The quantitative estimate of drug-likeness (QED) is 0.456. The topological polar surface area (TPSA) is 4.93 Å². The lowest BCUT2D eigenvalue weighted by Crippen LogP contribution is -2.07. The first-order chi connectivity index (χ1) is 9.50. The van der Waals surface area contributed by atoms with Gasteiger partial charge >= 0.3 is 0 Å². The van der Waals surface area contributed by atoms with E-state index in [9.17, 15) is 17.6 Å². The van der Waals surface area contributed by atoms with Crippen LogP contribution in [0.25, 0.3) is 16.6 Å². The first-order valence-corrected chi connectivity index (χ1v) is 5.91. The molecule has 0 radical (unpaired) electrons. The van der Waals surface area contributed by atoms with E-state index in [2.05, 4.69) is 0 Å². The molecule has 0 saturated carbocycles. The van der Waals surface area contributed by atoms with E-state index >= 15 is 0 Å². The zero-order valence-corrected chi connectivity index (χ0v) is 10.4. The summed E-state index contributed by atoms with van der Waals surface area (Å²) >= 11 is 0. The third kappa shape index (κ3) is 1.70. The molecule has 3 aromatic rings. The van der Waals surface area contributed by atoms with Crippen LogP contribution in [0.1, 0.15) is 5.69 Å². The highest BCUT2D eigenvalue weighted by molar-refractivity contribution is 5.83. The summed E-state index contributed by atoms with van der Waals surface area (Å²) in [5, 5.41) is 0.730. The van der Waals surface area contributed by atoms with Gasteiger partial charge in [0.2, 0.25) is 0 Å². The minimum absolute atomic E-state index is 0.204. The van der Waals surface area contributed by atoms with Crippen molar-refractivity contribution in [2.24, 2.45) is 0 Å². The average Bonchev–Trinajstić information content (AvgIpc) is 2.74. The van der Waals surface area contributed by atoms with Crippen molar-refractivity contribution < 1.29 is 17.6 Å². The van der Waals surface area contributed by atoms with E-state index in [0.717, 1.165) is 5.39 Å². The summed E-state index contributed by atoms with van der Waals surface area (Å²) in [6, 6.07) is 8.73. The van der Waals surface area contributed by atoms with Crippen LogP contribution in [0.2, 0.25) is 0 Å². The Bertz CT molecular complexity index is 794. The smallest absolute Gasteiger partial charge is 0.186 e. The Kier molecular flexibility index (Phi) is 2.78. The highest BCUT2D eigenvalue weighted by Crippen LogP contribution is 2.29. The minimum atomic E-state index is -1.42. The molecular formula is C15H9F4N. The lowest BCUT2D eigenvalue weighted by atomic mass is 10.2. The second kappa shape index (κ2) is 4.37. The van der Waals surface area contributed by atoms with E-state index in [4.69, 9.17) is 0 Å². The maximum absolute atomic E-state index is 13.9. The zero-order valence-electron chi connectivity index (χ0n) is 10.4. The molecule has 1 nitrogen and oxygen atoms in total. The summed E-state index contributed by atoms with van der Waals surface area (Å²) < 4.78 is 55.7. The fourth-order valence-corrected chi connectivity index (χ4v) is 2.35. The number of hydrogen-bond donors (Lipinski definition) is 0. The lowest BCUT2D eigenvalue weighted by molar-refractivity contribution is 0.448.